The molecule has 0 aliphatic carbocycles. The SMILES string of the molecule is CC(C)C(NC(=O)c1ccccc1Cl)C(=O)NCCN1CCNCC1. The van der Waals surface area contributed by atoms with Gasteiger partial charge in [-0.2, -0.15) is 0 Å². The van der Waals surface area contributed by atoms with E-state index in [9.17, 15) is 9.59 Å². The molecule has 1 saturated heterocycles. The first-order valence-electron chi connectivity index (χ1n) is 8.75. The van der Waals surface area contributed by atoms with Crippen LogP contribution >= 0.6 is 11.6 Å². The van der Waals surface area contributed by atoms with Crippen LogP contribution < -0.4 is 16.0 Å². The number of carbonyl (C=O) groups is 2. The average Bonchev–Trinajstić information content (AvgIpc) is 2.60. The van der Waals surface area contributed by atoms with E-state index in [1.165, 1.54) is 0 Å². The maximum Gasteiger partial charge on any atom is 0.253 e. The molecule has 1 unspecified atom stereocenters. The zero-order valence-electron chi connectivity index (χ0n) is 14.8. The molecule has 1 aromatic carbocycles. The normalized spacial score (nSPS) is 16.5. The Morgan fingerprint density at radius 2 is 1.92 bits per heavy atom. The van der Waals surface area contributed by atoms with Crippen molar-refractivity contribution in [2.45, 2.75) is 19.9 Å². The van der Waals surface area contributed by atoms with E-state index in [-0.39, 0.29) is 17.7 Å². The van der Waals surface area contributed by atoms with Crippen molar-refractivity contribution in [1.29, 1.82) is 0 Å². The van der Waals surface area contributed by atoms with Crippen molar-refractivity contribution in [2.75, 3.05) is 39.3 Å². The summed E-state index contributed by atoms with van der Waals surface area (Å²) >= 11 is 6.06. The van der Waals surface area contributed by atoms with Gasteiger partial charge in [-0.3, -0.25) is 14.5 Å². The second-order valence-electron chi connectivity index (χ2n) is 6.56. The Kier molecular flexibility index (Phi) is 7.68. The summed E-state index contributed by atoms with van der Waals surface area (Å²) in [5.74, 6) is -0.516. The molecule has 0 radical (unpaired) electrons. The molecule has 0 aromatic heterocycles. The van der Waals surface area contributed by atoms with E-state index in [4.69, 9.17) is 11.6 Å². The molecule has 1 atom stereocenters. The number of hydrogen-bond donors (Lipinski definition) is 3. The van der Waals surface area contributed by atoms with E-state index in [0.29, 0.717) is 17.1 Å². The number of benzene rings is 1. The number of nitrogens with one attached hydrogen (secondary N) is 3. The van der Waals surface area contributed by atoms with Crippen LogP contribution in [0.2, 0.25) is 5.02 Å². The highest BCUT2D eigenvalue weighted by molar-refractivity contribution is 6.33. The van der Waals surface area contributed by atoms with Gasteiger partial charge in [-0.25, -0.2) is 0 Å². The van der Waals surface area contributed by atoms with Crippen LogP contribution in [0.5, 0.6) is 0 Å². The second kappa shape index (κ2) is 9.75. The number of halogens is 1. The van der Waals surface area contributed by atoms with Crippen LogP contribution in [0.3, 0.4) is 0 Å². The third-order valence-electron chi connectivity index (χ3n) is 4.29. The summed E-state index contributed by atoms with van der Waals surface area (Å²) in [6.45, 7) is 9.16. The second-order valence-corrected chi connectivity index (χ2v) is 6.96. The molecule has 25 heavy (non-hydrogen) atoms. The predicted molar refractivity (Wildman–Crippen MR) is 99.9 cm³/mol. The molecule has 1 heterocycles. The van der Waals surface area contributed by atoms with E-state index < -0.39 is 6.04 Å². The molecular weight excluding hydrogens is 340 g/mol. The third-order valence-corrected chi connectivity index (χ3v) is 4.62. The fourth-order valence-electron chi connectivity index (χ4n) is 2.78. The first-order chi connectivity index (χ1) is 12.0. The van der Waals surface area contributed by atoms with Crippen molar-refractivity contribution in [1.82, 2.24) is 20.9 Å². The molecule has 0 spiro atoms. The number of rotatable bonds is 7. The topological polar surface area (TPSA) is 73.5 Å². The summed E-state index contributed by atoms with van der Waals surface area (Å²) in [4.78, 5) is 27.2. The Bertz CT molecular complexity index is 588. The van der Waals surface area contributed by atoms with Gasteiger partial charge >= 0.3 is 0 Å². The van der Waals surface area contributed by atoms with Crippen LogP contribution in [0.25, 0.3) is 0 Å². The maximum absolute atomic E-state index is 12.5. The summed E-state index contributed by atoms with van der Waals surface area (Å²) in [7, 11) is 0. The lowest BCUT2D eigenvalue weighted by Gasteiger charge is -2.28. The van der Waals surface area contributed by atoms with Crippen LogP contribution in [-0.4, -0.2) is 62.0 Å². The number of carbonyl (C=O) groups excluding carboxylic acids is 2. The van der Waals surface area contributed by atoms with Gasteiger partial charge in [0.2, 0.25) is 5.91 Å². The molecule has 3 N–H and O–H groups in total. The molecule has 2 amide bonds. The van der Waals surface area contributed by atoms with Crippen molar-refractivity contribution in [2.24, 2.45) is 5.92 Å². The van der Waals surface area contributed by atoms with E-state index in [1.807, 2.05) is 13.8 Å². The fraction of sp³-hybridized carbons (Fsp3) is 0.556. The number of piperazine rings is 1. The maximum atomic E-state index is 12.5. The average molecular weight is 367 g/mol. The van der Waals surface area contributed by atoms with Crippen molar-refractivity contribution in [3.63, 3.8) is 0 Å². The monoisotopic (exact) mass is 366 g/mol. The zero-order valence-corrected chi connectivity index (χ0v) is 15.6. The fourth-order valence-corrected chi connectivity index (χ4v) is 3.00. The van der Waals surface area contributed by atoms with Crippen LogP contribution in [0.15, 0.2) is 24.3 Å². The smallest absolute Gasteiger partial charge is 0.253 e. The third kappa shape index (κ3) is 5.99. The molecule has 7 heteroatoms. The Hall–Kier alpha value is -1.63. The Labute approximate surface area is 154 Å². The summed E-state index contributed by atoms with van der Waals surface area (Å²) in [5.41, 5.74) is 0.378. The molecule has 2 rings (SSSR count). The molecule has 1 aromatic rings. The lowest BCUT2D eigenvalue weighted by molar-refractivity contribution is -0.124. The molecule has 6 nitrogen and oxygen atoms in total. The van der Waals surface area contributed by atoms with Gasteiger partial charge < -0.3 is 16.0 Å². The standard InChI is InChI=1S/C18H27ClN4O2/c1-13(2)16(22-17(24)14-5-3-4-6-15(14)19)18(25)21-9-12-23-10-7-20-8-11-23/h3-6,13,16,20H,7-12H2,1-2H3,(H,21,25)(H,22,24). The van der Waals surface area contributed by atoms with Gasteiger partial charge in [-0.1, -0.05) is 37.6 Å². The Morgan fingerprint density at radius 1 is 1.24 bits per heavy atom. The van der Waals surface area contributed by atoms with Crippen molar-refractivity contribution < 1.29 is 9.59 Å². The van der Waals surface area contributed by atoms with Crippen LogP contribution in [0.1, 0.15) is 24.2 Å². The first-order valence-corrected chi connectivity index (χ1v) is 9.13. The minimum Gasteiger partial charge on any atom is -0.353 e. The van der Waals surface area contributed by atoms with Crippen LogP contribution in [-0.2, 0) is 4.79 Å². The van der Waals surface area contributed by atoms with Gasteiger partial charge in [0.1, 0.15) is 6.04 Å². The van der Waals surface area contributed by atoms with E-state index in [2.05, 4.69) is 20.9 Å². The molecule has 0 saturated carbocycles. The van der Waals surface area contributed by atoms with Crippen molar-refractivity contribution in [3.05, 3.63) is 34.9 Å². The van der Waals surface area contributed by atoms with E-state index >= 15 is 0 Å². The summed E-state index contributed by atoms with van der Waals surface area (Å²) in [6.07, 6.45) is 0. The van der Waals surface area contributed by atoms with Crippen LogP contribution in [0.4, 0.5) is 0 Å². The minimum atomic E-state index is -0.591. The molecule has 1 aliphatic heterocycles. The highest BCUT2D eigenvalue weighted by Gasteiger charge is 2.25. The lowest BCUT2D eigenvalue weighted by Crippen LogP contribution is -2.52. The molecule has 138 valence electrons. The number of hydrogen-bond acceptors (Lipinski definition) is 4. The summed E-state index contributed by atoms with van der Waals surface area (Å²) in [5, 5.41) is 9.41. The number of amides is 2. The van der Waals surface area contributed by atoms with Gasteiger partial charge in [0.15, 0.2) is 0 Å². The number of nitrogens with zero attached hydrogens (tertiary/aromatic N) is 1. The Balaban J connectivity index is 1.87. The molecule has 0 bridgehead atoms. The van der Waals surface area contributed by atoms with Gasteiger partial charge in [-0.05, 0) is 18.1 Å². The van der Waals surface area contributed by atoms with Crippen molar-refractivity contribution >= 4 is 23.4 Å². The molecular formula is C18H27ClN4O2. The summed E-state index contributed by atoms with van der Waals surface area (Å²) in [6, 6.07) is 6.23. The first kappa shape index (κ1) is 19.7. The zero-order chi connectivity index (χ0) is 18.2. The highest BCUT2D eigenvalue weighted by Crippen LogP contribution is 2.15. The van der Waals surface area contributed by atoms with Gasteiger partial charge in [0.25, 0.3) is 5.91 Å². The van der Waals surface area contributed by atoms with E-state index in [1.54, 1.807) is 24.3 Å². The van der Waals surface area contributed by atoms with Crippen LogP contribution in [0, 0.1) is 5.92 Å². The molecule has 1 aliphatic rings. The molecule has 1 fully saturated rings. The summed E-state index contributed by atoms with van der Waals surface area (Å²) < 4.78 is 0. The largest absolute Gasteiger partial charge is 0.353 e. The van der Waals surface area contributed by atoms with Gasteiger partial charge in [0, 0.05) is 39.3 Å². The quantitative estimate of drug-likeness (QED) is 0.676. The van der Waals surface area contributed by atoms with E-state index in [0.717, 1.165) is 32.7 Å². The van der Waals surface area contributed by atoms with Crippen molar-refractivity contribution in [3.8, 4) is 0 Å². The van der Waals surface area contributed by atoms with Gasteiger partial charge in [0.05, 0.1) is 10.6 Å². The highest BCUT2D eigenvalue weighted by atomic mass is 35.5. The minimum absolute atomic E-state index is 0.0226. The Morgan fingerprint density at radius 3 is 2.56 bits per heavy atom. The predicted octanol–water partition coefficient (Wildman–Crippen LogP) is 1.12. The lowest BCUT2D eigenvalue weighted by atomic mass is 10.0. The van der Waals surface area contributed by atoms with Gasteiger partial charge in [-0.15, -0.1) is 0 Å².